The highest BCUT2D eigenvalue weighted by atomic mass is 14.7. The van der Waals surface area contributed by atoms with Gasteiger partial charge in [0.15, 0.2) is 5.69 Å². The summed E-state index contributed by atoms with van der Waals surface area (Å²) in [6.45, 7) is 17.0. The molecule has 0 N–H and O–H groups in total. The first-order valence-electron chi connectivity index (χ1n) is 37.7. The van der Waals surface area contributed by atoms with Gasteiger partial charge < -0.3 is 0 Å². The molecule has 0 spiro atoms. The van der Waals surface area contributed by atoms with Crippen molar-refractivity contribution in [3.8, 4) is 89.5 Å². The first-order chi connectivity index (χ1) is 54.7. The Labute approximate surface area is 643 Å². The molecule has 21 rings (SSSR count). The van der Waals surface area contributed by atoms with Gasteiger partial charge in [0.2, 0.25) is 0 Å². The van der Waals surface area contributed by atoms with Crippen molar-refractivity contribution in [1.29, 1.82) is 0 Å². The minimum absolute atomic E-state index is 0.601. The van der Waals surface area contributed by atoms with Gasteiger partial charge in [0.05, 0.1) is 56.8 Å². The molecule has 20 aromatic rings. The maximum absolute atomic E-state index is 7.96. The summed E-state index contributed by atoms with van der Waals surface area (Å²) in [5.41, 5.74) is 31.1. The van der Waals surface area contributed by atoms with Crippen molar-refractivity contribution in [2.24, 2.45) is 0 Å². The quantitative estimate of drug-likeness (QED) is 0.0814. The zero-order valence-corrected chi connectivity index (χ0v) is 61.5. The molecule has 0 bridgehead atoms. The number of nitrogens with zero attached hydrogens (tertiary/aromatic N) is 7. The molecule has 1 aliphatic rings. The Balaban J connectivity index is 0.000000150. The molecular weight excluding hydrogens is 1350 g/mol. The highest BCUT2D eigenvalue weighted by Gasteiger charge is 2.46. The molecule has 6 aromatic heterocycles. The summed E-state index contributed by atoms with van der Waals surface area (Å²) in [4.78, 5) is 33.8. The van der Waals surface area contributed by atoms with Crippen molar-refractivity contribution < 1.29 is 0 Å². The van der Waals surface area contributed by atoms with Gasteiger partial charge in [-0.25, -0.2) is 24.8 Å². The summed E-state index contributed by atoms with van der Waals surface area (Å²) < 4.78 is 0. The Morgan fingerprint density at radius 3 is 0.865 bits per heavy atom. The Bertz CT molecular complexity index is 6960. The second-order valence-electron chi connectivity index (χ2n) is 29.1. The number of hydrogen-bond donors (Lipinski definition) is 0. The summed E-state index contributed by atoms with van der Waals surface area (Å²) in [6.07, 6.45) is 7.34. The molecule has 0 unspecified atom stereocenters. The van der Waals surface area contributed by atoms with Gasteiger partial charge in [0, 0.05) is 90.1 Å². The molecule has 0 atom stereocenters. The highest BCUT2D eigenvalue weighted by Crippen LogP contribution is 2.58. The van der Waals surface area contributed by atoms with Gasteiger partial charge in [-0.3, -0.25) is 9.97 Å². The zero-order chi connectivity index (χ0) is 74.4. The van der Waals surface area contributed by atoms with Crippen molar-refractivity contribution in [2.45, 2.75) is 33.1 Å². The molecule has 1 aliphatic carbocycles. The van der Waals surface area contributed by atoms with Crippen LogP contribution in [0.1, 0.15) is 44.5 Å². The van der Waals surface area contributed by atoms with E-state index in [1.807, 2.05) is 55.1 Å². The molecule has 0 amide bonds. The minimum atomic E-state index is -0.601. The number of aryl methyl sites for hydroxylation is 4. The Hall–Kier alpha value is -14.5. The molecule has 0 radical (unpaired) electrons. The first-order valence-corrected chi connectivity index (χ1v) is 37.7. The molecule has 0 aliphatic heterocycles. The first kappa shape index (κ1) is 66.0. The van der Waals surface area contributed by atoms with E-state index in [1.165, 1.54) is 93.2 Å². The van der Waals surface area contributed by atoms with Crippen LogP contribution >= 0.6 is 0 Å². The second kappa shape index (κ2) is 26.8. The predicted molar refractivity (Wildman–Crippen MR) is 460 cm³/mol. The smallest absolute Gasteiger partial charge is 0.187 e. The summed E-state index contributed by atoms with van der Waals surface area (Å²) in [5.74, 6) is 0. The molecule has 111 heavy (non-hydrogen) atoms. The van der Waals surface area contributed by atoms with Gasteiger partial charge in [-0.1, -0.05) is 267 Å². The van der Waals surface area contributed by atoms with Crippen molar-refractivity contribution >= 4 is 92.4 Å². The third kappa shape index (κ3) is 10.7. The Kier molecular flexibility index (Phi) is 15.9. The number of rotatable bonds is 9. The van der Waals surface area contributed by atoms with E-state index in [0.717, 1.165) is 128 Å². The van der Waals surface area contributed by atoms with Gasteiger partial charge in [-0.15, -0.1) is 0 Å². The van der Waals surface area contributed by atoms with E-state index >= 15 is 0 Å². The standard InChI is InChI=1S/C60H39N3.C44H30N4/c1-37-55-49-24-14-16-26-53(49)63-59(57(55)38(2)54-48-23-13-15-25-52(48)62-58(56(37)54)40-17-7-4-8-18-40)41-29-27-39(28-30-41)42-31-33-46-47-34-32-45(61-3)36-51(47)60(50(46)35-42,43-19-9-5-10-20-43)44-21-11-6-12-22-44;1-27-39-35-7-3-5-9-37(35)48-44(34-17-13-30(14-18-34)32-21-25-46-26-22-32)42(39)28(2)40-36-8-4-6-10-38(36)47-43(41(27)40)33-15-11-29(12-16-33)31-19-23-45-24-20-31/h4-36H,1-2H3;3-26H,1-2H3. The lowest BCUT2D eigenvalue weighted by Crippen LogP contribution is -2.28. The average molecular weight is 1420 g/mol. The van der Waals surface area contributed by atoms with E-state index in [-0.39, 0.29) is 0 Å². The average Bonchev–Trinajstić information content (AvgIpc) is 1.54. The van der Waals surface area contributed by atoms with E-state index in [1.54, 1.807) is 0 Å². The summed E-state index contributed by atoms with van der Waals surface area (Å²) in [5, 5.41) is 14.2. The molecule has 7 heteroatoms. The number of hydrogen-bond acceptors (Lipinski definition) is 6. The Morgan fingerprint density at radius 1 is 0.243 bits per heavy atom. The van der Waals surface area contributed by atoms with E-state index in [0.29, 0.717) is 5.69 Å². The monoisotopic (exact) mass is 1420 g/mol. The van der Waals surface area contributed by atoms with Crippen molar-refractivity contribution in [2.75, 3.05) is 0 Å². The molecule has 0 saturated heterocycles. The van der Waals surface area contributed by atoms with Gasteiger partial charge >= 0.3 is 0 Å². The minimum Gasteiger partial charge on any atom is -0.265 e. The fourth-order valence-electron chi connectivity index (χ4n) is 18.1. The van der Waals surface area contributed by atoms with Crippen molar-refractivity contribution in [3.63, 3.8) is 0 Å². The molecular formula is C104H69N7. The van der Waals surface area contributed by atoms with Crippen LogP contribution in [0.2, 0.25) is 0 Å². The van der Waals surface area contributed by atoms with Crippen LogP contribution in [0, 0.1) is 34.3 Å². The zero-order valence-electron chi connectivity index (χ0n) is 61.5. The molecule has 520 valence electrons. The van der Waals surface area contributed by atoms with Crippen molar-refractivity contribution in [3.05, 3.63) is 402 Å². The number of aromatic nitrogens is 6. The maximum Gasteiger partial charge on any atom is 0.187 e. The van der Waals surface area contributed by atoms with Crippen LogP contribution in [-0.4, -0.2) is 29.9 Å². The fourth-order valence-corrected chi connectivity index (χ4v) is 18.1. The third-order valence-corrected chi connectivity index (χ3v) is 23.1. The van der Waals surface area contributed by atoms with Crippen LogP contribution in [0.3, 0.4) is 0 Å². The van der Waals surface area contributed by atoms with Crippen LogP contribution in [0.25, 0.3) is 181 Å². The topological polar surface area (TPSA) is 81.7 Å². The molecule has 6 heterocycles. The normalized spacial score (nSPS) is 12.2. The summed E-state index contributed by atoms with van der Waals surface area (Å²) in [7, 11) is 0. The molecule has 14 aromatic carbocycles. The number of benzene rings is 14. The van der Waals surface area contributed by atoms with Gasteiger partial charge in [0.25, 0.3) is 0 Å². The molecule has 0 saturated carbocycles. The molecule has 0 fully saturated rings. The van der Waals surface area contributed by atoms with E-state index in [9.17, 15) is 0 Å². The number of pyridine rings is 6. The van der Waals surface area contributed by atoms with E-state index in [2.05, 4.69) is 334 Å². The summed E-state index contributed by atoms with van der Waals surface area (Å²) in [6, 6.07) is 114. The van der Waals surface area contributed by atoms with E-state index < -0.39 is 5.41 Å². The van der Waals surface area contributed by atoms with Crippen LogP contribution in [0.15, 0.2) is 346 Å². The lowest BCUT2D eigenvalue weighted by Gasteiger charge is -2.34. The van der Waals surface area contributed by atoms with Gasteiger partial charge in [-0.05, 0) is 193 Å². The number of fused-ring (bicyclic) bond motifs is 15. The van der Waals surface area contributed by atoms with E-state index in [4.69, 9.17) is 26.5 Å². The van der Waals surface area contributed by atoms with Crippen LogP contribution in [-0.2, 0) is 5.41 Å². The number of para-hydroxylation sites is 4. The largest absolute Gasteiger partial charge is 0.265 e. The maximum atomic E-state index is 7.96. The third-order valence-electron chi connectivity index (χ3n) is 23.1. The van der Waals surface area contributed by atoms with Gasteiger partial charge in [-0.2, -0.15) is 0 Å². The van der Waals surface area contributed by atoms with Gasteiger partial charge in [0.1, 0.15) is 0 Å². The van der Waals surface area contributed by atoms with Crippen LogP contribution in [0.4, 0.5) is 5.69 Å². The fraction of sp³-hybridized carbons (Fsp3) is 0.0481. The van der Waals surface area contributed by atoms with Crippen LogP contribution in [0.5, 0.6) is 0 Å². The van der Waals surface area contributed by atoms with Crippen LogP contribution < -0.4 is 0 Å². The molecule has 7 nitrogen and oxygen atoms in total. The lowest BCUT2D eigenvalue weighted by atomic mass is 9.67. The Morgan fingerprint density at radius 2 is 0.514 bits per heavy atom. The summed E-state index contributed by atoms with van der Waals surface area (Å²) >= 11 is 0. The second-order valence-corrected chi connectivity index (χ2v) is 29.1. The van der Waals surface area contributed by atoms with Crippen molar-refractivity contribution in [1.82, 2.24) is 29.9 Å². The SMILES string of the molecule is Cc1c2c(-c3ccc(-c4ccncc4)cc3)nc3ccccc3c2c(C)c2c(-c3ccc(-c4ccncc4)cc3)nc3ccccc3c12.[C-]#[N+]c1ccc2c(c1)C(c1ccccc1)(c1ccccc1)c1cc(-c3ccc(-c4nc5ccccc5c5c(C)c6c(-c7ccccc7)nc7ccccc7c6c(C)c45)cc3)ccc1-2. The lowest BCUT2D eigenvalue weighted by molar-refractivity contribution is 0.769. The highest BCUT2D eigenvalue weighted by molar-refractivity contribution is 6.27. The predicted octanol–water partition coefficient (Wildman–Crippen LogP) is 26.8.